The molecule has 1 N–H and O–H groups in total. The van der Waals surface area contributed by atoms with Crippen LogP contribution in [-0.4, -0.2) is 32.1 Å². The number of fused-ring (bicyclic) bond motifs is 3. The highest BCUT2D eigenvalue weighted by molar-refractivity contribution is 6.09. The summed E-state index contributed by atoms with van der Waals surface area (Å²) in [6.45, 7) is 4.73. The zero-order chi connectivity index (χ0) is 21.4. The molecule has 2 aliphatic rings. The number of aryl methyl sites for hydroxylation is 1. The number of anilines is 1. The largest absolute Gasteiger partial charge is 0.488 e. The molecule has 4 nitrogen and oxygen atoms in total. The fourth-order valence-corrected chi connectivity index (χ4v) is 5.10. The lowest BCUT2D eigenvalue weighted by Crippen LogP contribution is -3.11. The van der Waals surface area contributed by atoms with Gasteiger partial charge >= 0.3 is 0 Å². The van der Waals surface area contributed by atoms with Crippen molar-refractivity contribution < 1.29 is 14.4 Å². The van der Waals surface area contributed by atoms with Gasteiger partial charge in [-0.1, -0.05) is 60.2 Å². The summed E-state index contributed by atoms with van der Waals surface area (Å²) in [7, 11) is 2.25. The molecule has 0 radical (unpaired) electrons. The first-order valence-electron chi connectivity index (χ1n) is 11.1. The van der Waals surface area contributed by atoms with E-state index in [9.17, 15) is 4.79 Å². The maximum Gasteiger partial charge on any atom is 0.262 e. The molecular formula is C27H29N2O2+. The third kappa shape index (κ3) is 3.72. The Hall–Kier alpha value is -3.11. The number of nitrogens with one attached hydrogen (secondary N) is 1. The number of nitrogens with zero attached hydrogens (tertiary/aromatic N) is 1. The highest BCUT2D eigenvalue weighted by Gasteiger charge is 2.46. The maximum absolute atomic E-state index is 13.9. The van der Waals surface area contributed by atoms with Crippen LogP contribution in [0.4, 0.5) is 5.69 Å². The van der Waals surface area contributed by atoms with Gasteiger partial charge in [0.15, 0.2) is 0 Å². The Morgan fingerprint density at radius 1 is 1.06 bits per heavy atom. The smallest absolute Gasteiger partial charge is 0.262 e. The van der Waals surface area contributed by atoms with Gasteiger partial charge in [0.2, 0.25) is 0 Å². The molecule has 0 saturated carbocycles. The molecule has 1 unspecified atom stereocenters. The van der Waals surface area contributed by atoms with Gasteiger partial charge in [0.05, 0.1) is 37.7 Å². The molecule has 5 rings (SSSR count). The molecule has 2 heterocycles. The van der Waals surface area contributed by atoms with E-state index in [-0.39, 0.29) is 11.9 Å². The number of likely N-dealkylation sites (N-methyl/N-ethyl adjacent to an activating group) is 1. The van der Waals surface area contributed by atoms with Gasteiger partial charge in [0, 0.05) is 12.1 Å². The van der Waals surface area contributed by atoms with Crippen LogP contribution < -0.4 is 14.5 Å². The summed E-state index contributed by atoms with van der Waals surface area (Å²) in [5.41, 5.74) is 5.36. The van der Waals surface area contributed by atoms with Crippen LogP contribution in [-0.2, 0) is 6.61 Å². The first-order valence-corrected chi connectivity index (χ1v) is 11.1. The Bertz CT molecular complexity index is 1100. The third-order valence-electron chi connectivity index (χ3n) is 6.65. The first-order chi connectivity index (χ1) is 15.1. The van der Waals surface area contributed by atoms with Crippen molar-refractivity contribution in [2.24, 2.45) is 0 Å². The Morgan fingerprint density at radius 3 is 2.68 bits per heavy atom. The van der Waals surface area contributed by atoms with Gasteiger partial charge in [-0.3, -0.25) is 4.79 Å². The second-order valence-corrected chi connectivity index (χ2v) is 8.88. The normalized spacial score (nSPS) is 22.0. The maximum atomic E-state index is 13.9. The number of ether oxygens (including phenoxy) is 1. The molecule has 3 atom stereocenters. The number of quaternary nitrogens is 1. The molecule has 0 bridgehead atoms. The van der Waals surface area contributed by atoms with Gasteiger partial charge in [0.25, 0.3) is 5.91 Å². The van der Waals surface area contributed by atoms with Gasteiger partial charge in [-0.25, -0.2) is 0 Å². The Kier molecular flexibility index (Phi) is 5.24. The van der Waals surface area contributed by atoms with Crippen LogP contribution in [0.15, 0.2) is 72.8 Å². The SMILES string of the molecule is Cc1ccc2c(c1)[C@@H]1C[NH+](C)CC[C@H]1N2C(=O)c1ccccc1OCc1ccccc1. The second-order valence-electron chi connectivity index (χ2n) is 8.88. The zero-order valence-corrected chi connectivity index (χ0v) is 18.2. The summed E-state index contributed by atoms with van der Waals surface area (Å²) in [5.74, 6) is 1.08. The highest BCUT2D eigenvalue weighted by atomic mass is 16.5. The molecule has 1 fully saturated rings. The van der Waals surface area contributed by atoms with Gasteiger partial charge in [0.1, 0.15) is 12.4 Å². The van der Waals surface area contributed by atoms with Crippen molar-refractivity contribution in [1.82, 2.24) is 0 Å². The number of piperidine rings is 1. The first kappa shape index (κ1) is 19.8. The van der Waals surface area contributed by atoms with E-state index in [0.29, 0.717) is 23.8 Å². The number of para-hydroxylation sites is 1. The molecule has 4 heteroatoms. The van der Waals surface area contributed by atoms with E-state index in [1.165, 1.54) is 16.0 Å². The predicted molar refractivity (Wildman–Crippen MR) is 123 cm³/mol. The Labute approximate surface area is 184 Å². The Morgan fingerprint density at radius 2 is 1.84 bits per heavy atom. The number of benzene rings is 3. The van der Waals surface area contributed by atoms with Crippen LogP contribution in [0.3, 0.4) is 0 Å². The molecule has 3 aromatic carbocycles. The molecular weight excluding hydrogens is 384 g/mol. The predicted octanol–water partition coefficient (Wildman–Crippen LogP) is 3.61. The van der Waals surface area contributed by atoms with Crippen molar-refractivity contribution in [3.05, 3.63) is 95.1 Å². The number of rotatable bonds is 4. The summed E-state index contributed by atoms with van der Waals surface area (Å²) in [6.07, 6.45) is 1.02. The van der Waals surface area contributed by atoms with E-state index in [1.54, 1.807) is 0 Å². The van der Waals surface area contributed by atoms with Crippen LogP contribution in [0, 0.1) is 6.92 Å². The van der Waals surface area contributed by atoms with Crippen LogP contribution in [0.1, 0.15) is 39.4 Å². The van der Waals surface area contributed by atoms with E-state index in [4.69, 9.17) is 4.74 Å². The summed E-state index contributed by atoms with van der Waals surface area (Å²) in [6, 6.07) is 24.5. The number of hydrogen-bond donors (Lipinski definition) is 1. The van der Waals surface area contributed by atoms with Gasteiger partial charge in [-0.2, -0.15) is 0 Å². The monoisotopic (exact) mass is 413 g/mol. The van der Waals surface area contributed by atoms with Gasteiger partial charge in [-0.05, 0) is 36.2 Å². The minimum Gasteiger partial charge on any atom is -0.488 e. The van der Waals surface area contributed by atoms with Crippen molar-refractivity contribution in [3.63, 3.8) is 0 Å². The minimum absolute atomic E-state index is 0.0424. The number of carbonyl (C=O) groups is 1. The molecule has 0 spiro atoms. The number of likely N-dealkylation sites (tertiary alicyclic amines) is 1. The molecule has 1 amide bonds. The molecule has 158 valence electrons. The van der Waals surface area contributed by atoms with Crippen LogP contribution in [0.2, 0.25) is 0 Å². The van der Waals surface area contributed by atoms with Crippen LogP contribution in [0.5, 0.6) is 5.75 Å². The van der Waals surface area contributed by atoms with Crippen molar-refractivity contribution in [3.8, 4) is 5.75 Å². The topological polar surface area (TPSA) is 34.0 Å². The third-order valence-corrected chi connectivity index (χ3v) is 6.65. The van der Waals surface area contributed by atoms with Crippen molar-refractivity contribution in [2.45, 2.75) is 31.9 Å². The van der Waals surface area contributed by atoms with E-state index >= 15 is 0 Å². The van der Waals surface area contributed by atoms with Gasteiger partial charge in [-0.15, -0.1) is 0 Å². The lowest BCUT2D eigenvalue weighted by atomic mass is 9.88. The van der Waals surface area contributed by atoms with E-state index in [0.717, 1.165) is 30.8 Å². The Balaban J connectivity index is 1.48. The average Bonchev–Trinajstić information content (AvgIpc) is 3.11. The lowest BCUT2D eigenvalue weighted by molar-refractivity contribution is -0.886. The molecule has 0 aromatic heterocycles. The second kappa shape index (κ2) is 8.20. The average molecular weight is 414 g/mol. The molecule has 3 aromatic rings. The summed E-state index contributed by atoms with van der Waals surface area (Å²) in [5, 5.41) is 0. The van der Waals surface area contributed by atoms with Crippen molar-refractivity contribution in [2.75, 3.05) is 25.0 Å². The minimum atomic E-state index is 0.0424. The molecule has 2 aliphatic heterocycles. The molecule has 1 saturated heterocycles. The van der Waals surface area contributed by atoms with E-state index < -0.39 is 0 Å². The fourth-order valence-electron chi connectivity index (χ4n) is 5.10. The highest BCUT2D eigenvalue weighted by Crippen LogP contribution is 2.44. The van der Waals surface area contributed by atoms with E-state index in [2.05, 4.69) is 37.1 Å². The van der Waals surface area contributed by atoms with Crippen molar-refractivity contribution >= 4 is 11.6 Å². The fraction of sp³-hybridized carbons (Fsp3) is 0.296. The number of hydrogen-bond acceptors (Lipinski definition) is 2. The summed E-state index contributed by atoms with van der Waals surface area (Å²) >= 11 is 0. The van der Waals surface area contributed by atoms with Crippen LogP contribution >= 0.6 is 0 Å². The zero-order valence-electron chi connectivity index (χ0n) is 18.2. The standard InChI is InChI=1S/C27H28N2O2/c1-19-12-13-24-22(16-19)23-17-28(2)15-14-25(23)29(24)27(30)21-10-6-7-11-26(21)31-18-20-8-4-3-5-9-20/h3-13,16,23,25H,14-15,17-18H2,1-2H3/p+1/t23-,25+/m0/s1. The molecule has 0 aliphatic carbocycles. The van der Waals surface area contributed by atoms with E-state index in [1.807, 2.05) is 54.6 Å². The summed E-state index contributed by atoms with van der Waals surface area (Å²) in [4.78, 5) is 17.5. The van der Waals surface area contributed by atoms with Crippen LogP contribution in [0.25, 0.3) is 0 Å². The summed E-state index contributed by atoms with van der Waals surface area (Å²) < 4.78 is 6.11. The quantitative estimate of drug-likeness (QED) is 0.709. The lowest BCUT2D eigenvalue weighted by Gasteiger charge is -2.34. The number of carbonyl (C=O) groups excluding carboxylic acids is 1. The van der Waals surface area contributed by atoms with Crippen molar-refractivity contribution in [1.29, 1.82) is 0 Å². The molecule has 31 heavy (non-hydrogen) atoms. The van der Waals surface area contributed by atoms with Gasteiger partial charge < -0.3 is 14.5 Å². The number of amides is 1.